The third-order valence-electron chi connectivity index (χ3n) is 2.24. The van der Waals surface area contributed by atoms with Gasteiger partial charge in [0.15, 0.2) is 0 Å². The average molecular weight is 245 g/mol. The Bertz CT molecular complexity index is 328. The van der Waals surface area contributed by atoms with Crippen molar-refractivity contribution in [3.63, 3.8) is 0 Å². The Morgan fingerprint density at radius 2 is 2.06 bits per heavy atom. The highest BCUT2D eigenvalue weighted by atomic mass is 35.5. The maximum Gasteiger partial charge on any atom is 0.129 e. The molecule has 0 saturated carbocycles. The Labute approximate surface area is 100 Å². The van der Waals surface area contributed by atoms with Crippen LogP contribution in [0.3, 0.4) is 0 Å². The van der Waals surface area contributed by atoms with Gasteiger partial charge in [-0.15, -0.1) is 0 Å². The highest BCUT2D eigenvalue weighted by Crippen LogP contribution is 2.19. The van der Waals surface area contributed by atoms with Crippen molar-refractivity contribution in [3.05, 3.63) is 22.8 Å². The molecule has 1 aromatic heterocycles. The van der Waals surface area contributed by atoms with Crippen molar-refractivity contribution in [1.29, 1.82) is 0 Å². The second-order valence-electron chi connectivity index (χ2n) is 3.47. The predicted octanol–water partition coefficient (Wildman–Crippen LogP) is 1.44. The van der Waals surface area contributed by atoms with E-state index in [1.54, 1.807) is 12.1 Å². The molecule has 4 nitrogen and oxygen atoms in total. The monoisotopic (exact) mass is 244 g/mol. The second kappa shape index (κ2) is 6.68. The van der Waals surface area contributed by atoms with Crippen LogP contribution in [0.1, 0.15) is 19.0 Å². The quantitative estimate of drug-likeness (QED) is 0.795. The Morgan fingerprint density at radius 1 is 1.31 bits per heavy atom. The predicted molar refractivity (Wildman–Crippen MR) is 64.8 cm³/mol. The van der Waals surface area contributed by atoms with Crippen molar-refractivity contribution in [1.82, 2.24) is 4.98 Å². The lowest BCUT2D eigenvalue weighted by Gasteiger charge is -2.22. The van der Waals surface area contributed by atoms with Gasteiger partial charge in [0.05, 0.1) is 23.9 Å². The van der Waals surface area contributed by atoms with E-state index < -0.39 is 0 Å². The van der Waals surface area contributed by atoms with Crippen LogP contribution in [0.2, 0.25) is 5.02 Å². The molecule has 0 aliphatic carbocycles. The van der Waals surface area contributed by atoms with Gasteiger partial charge in [-0.2, -0.15) is 0 Å². The van der Waals surface area contributed by atoms with Crippen LogP contribution in [0.15, 0.2) is 12.1 Å². The standard InChI is InChI=1S/C11H17ClN2O2/c1-2-5-14(6-7-15)11-4-3-9(12)10(8-16)13-11/h3-4,15-16H,2,5-8H2,1H3. The summed E-state index contributed by atoms with van der Waals surface area (Å²) in [5, 5.41) is 18.5. The van der Waals surface area contributed by atoms with Gasteiger partial charge in [0.1, 0.15) is 5.82 Å². The fourth-order valence-electron chi connectivity index (χ4n) is 1.49. The zero-order valence-corrected chi connectivity index (χ0v) is 10.1. The Morgan fingerprint density at radius 3 is 2.62 bits per heavy atom. The number of aliphatic hydroxyl groups excluding tert-OH is 2. The van der Waals surface area contributed by atoms with Crippen LogP contribution in [0.4, 0.5) is 5.82 Å². The minimum atomic E-state index is -0.175. The Balaban J connectivity index is 2.90. The second-order valence-corrected chi connectivity index (χ2v) is 3.87. The number of hydrogen-bond donors (Lipinski definition) is 2. The first-order valence-corrected chi connectivity index (χ1v) is 5.72. The van der Waals surface area contributed by atoms with E-state index in [0.717, 1.165) is 18.8 Å². The molecular formula is C11H17ClN2O2. The molecule has 1 heterocycles. The highest BCUT2D eigenvalue weighted by Gasteiger charge is 2.09. The van der Waals surface area contributed by atoms with E-state index in [-0.39, 0.29) is 13.2 Å². The minimum absolute atomic E-state index is 0.0821. The molecule has 0 atom stereocenters. The van der Waals surface area contributed by atoms with Gasteiger partial charge >= 0.3 is 0 Å². The highest BCUT2D eigenvalue weighted by molar-refractivity contribution is 6.31. The topological polar surface area (TPSA) is 56.6 Å². The van der Waals surface area contributed by atoms with Crippen molar-refractivity contribution < 1.29 is 10.2 Å². The number of aromatic nitrogens is 1. The molecule has 0 aliphatic heterocycles. The van der Waals surface area contributed by atoms with Crippen molar-refractivity contribution in [2.75, 3.05) is 24.6 Å². The largest absolute Gasteiger partial charge is 0.395 e. The van der Waals surface area contributed by atoms with Gasteiger partial charge < -0.3 is 15.1 Å². The molecule has 16 heavy (non-hydrogen) atoms. The minimum Gasteiger partial charge on any atom is -0.395 e. The summed E-state index contributed by atoms with van der Waals surface area (Å²) in [5.41, 5.74) is 0.471. The first kappa shape index (κ1) is 13.2. The summed E-state index contributed by atoms with van der Waals surface area (Å²) in [6, 6.07) is 3.52. The van der Waals surface area contributed by atoms with Gasteiger partial charge in [0.25, 0.3) is 0 Å². The lowest BCUT2D eigenvalue weighted by atomic mass is 10.3. The zero-order chi connectivity index (χ0) is 12.0. The molecule has 0 fully saturated rings. The summed E-state index contributed by atoms with van der Waals surface area (Å²) in [5.74, 6) is 0.740. The normalized spacial score (nSPS) is 10.5. The zero-order valence-electron chi connectivity index (χ0n) is 9.36. The van der Waals surface area contributed by atoms with Crippen molar-refractivity contribution in [3.8, 4) is 0 Å². The van der Waals surface area contributed by atoms with Gasteiger partial charge in [-0.1, -0.05) is 18.5 Å². The van der Waals surface area contributed by atoms with E-state index in [2.05, 4.69) is 11.9 Å². The Kier molecular flexibility index (Phi) is 5.52. The summed E-state index contributed by atoms with van der Waals surface area (Å²) in [4.78, 5) is 6.23. The van der Waals surface area contributed by atoms with E-state index in [4.69, 9.17) is 21.8 Å². The number of nitrogens with zero attached hydrogens (tertiary/aromatic N) is 2. The molecule has 0 saturated heterocycles. The molecule has 1 rings (SSSR count). The van der Waals surface area contributed by atoms with Crippen molar-refractivity contribution >= 4 is 17.4 Å². The van der Waals surface area contributed by atoms with E-state index >= 15 is 0 Å². The number of rotatable bonds is 6. The van der Waals surface area contributed by atoms with Crippen LogP contribution in [0.25, 0.3) is 0 Å². The van der Waals surface area contributed by atoms with Crippen molar-refractivity contribution in [2.45, 2.75) is 20.0 Å². The molecule has 2 N–H and O–H groups in total. The molecule has 0 spiro atoms. The maximum absolute atomic E-state index is 9.07. The van der Waals surface area contributed by atoms with Gasteiger partial charge in [-0.3, -0.25) is 0 Å². The molecule has 5 heteroatoms. The van der Waals surface area contributed by atoms with Gasteiger partial charge in [0.2, 0.25) is 0 Å². The summed E-state index contributed by atoms with van der Waals surface area (Å²) in [6.07, 6.45) is 0.971. The van der Waals surface area contributed by atoms with E-state index in [0.29, 0.717) is 17.3 Å². The van der Waals surface area contributed by atoms with E-state index in [1.807, 2.05) is 4.90 Å². The number of pyridine rings is 1. The molecular weight excluding hydrogens is 228 g/mol. The third-order valence-corrected chi connectivity index (χ3v) is 2.59. The maximum atomic E-state index is 9.07. The molecule has 0 amide bonds. The van der Waals surface area contributed by atoms with Crippen LogP contribution < -0.4 is 4.90 Å². The van der Waals surface area contributed by atoms with Crippen LogP contribution in [-0.4, -0.2) is 34.9 Å². The molecule has 90 valence electrons. The SMILES string of the molecule is CCCN(CCO)c1ccc(Cl)c(CO)n1. The first-order chi connectivity index (χ1) is 7.72. The molecule has 0 aromatic carbocycles. The Hall–Kier alpha value is -0.840. The molecule has 0 radical (unpaired) electrons. The summed E-state index contributed by atoms with van der Waals surface area (Å²) >= 11 is 5.86. The van der Waals surface area contributed by atoms with Crippen LogP contribution in [0.5, 0.6) is 0 Å². The van der Waals surface area contributed by atoms with Crippen molar-refractivity contribution in [2.24, 2.45) is 0 Å². The number of aliphatic hydroxyl groups is 2. The number of hydrogen-bond acceptors (Lipinski definition) is 4. The van der Waals surface area contributed by atoms with Gasteiger partial charge in [0, 0.05) is 13.1 Å². The van der Waals surface area contributed by atoms with E-state index in [9.17, 15) is 0 Å². The number of halogens is 1. The fourth-order valence-corrected chi connectivity index (χ4v) is 1.66. The lowest BCUT2D eigenvalue weighted by molar-refractivity contribution is 0.277. The molecule has 0 unspecified atom stereocenters. The number of anilines is 1. The molecule has 0 bridgehead atoms. The summed E-state index contributed by atoms with van der Waals surface area (Å²) < 4.78 is 0. The average Bonchev–Trinajstić information content (AvgIpc) is 2.29. The van der Waals surface area contributed by atoms with Gasteiger partial charge in [-0.05, 0) is 18.6 Å². The smallest absolute Gasteiger partial charge is 0.129 e. The van der Waals surface area contributed by atoms with Crippen LogP contribution in [-0.2, 0) is 6.61 Å². The first-order valence-electron chi connectivity index (χ1n) is 5.35. The summed E-state index contributed by atoms with van der Waals surface area (Å²) in [6.45, 7) is 3.32. The van der Waals surface area contributed by atoms with Gasteiger partial charge in [-0.25, -0.2) is 4.98 Å². The lowest BCUT2D eigenvalue weighted by Crippen LogP contribution is -2.28. The summed E-state index contributed by atoms with van der Waals surface area (Å²) in [7, 11) is 0. The molecule has 0 aliphatic rings. The molecule has 1 aromatic rings. The fraction of sp³-hybridized carbons (Fsp3) is 0.545. The van der Waals surface area contributed by atoms with Crippen LogP contribution in [0, 0.1) is 0 Å². The third kappa shape index (κ3) is 3.33. The van der Waals surface area contributed by atoms with E-state index in [1.165, 1.54) is 0 Å². The van der Waals surface area contributed by atoms with Crippen LogP contribution >= 0.6 is 11.6 Å².